The lowest BCUT2D eigenvalue weighted by Crippen LogP contribution is -2.55. The van der Waals surface area contributed by atoms with Gasteiger partial charge in [-0.3, -0.25) is 33.6 Å². The van der Waals surface area contributed by atoms with Gasteiger partial charge < -0.3 is 92.9 Å². The monoisotopic (exact) mass is 1400 g/mol. The van der Waals surface area contributed by atoms with E-state index in [0.29, 0.717) is 16.1 Å². The summed E-state index contributed by atoms with van der Waals surface area (Å²) in [5.41, 5.74) is 7.15. The highest BCUT2D eigenvalue weighted by Gasteiger charge is 2.41. The molecule has 8 atom stereocenters. The standard InChI is InChI=1S/C71H55Cl3N8O17/c72-39-11-6-33(7-12-39)32-4-1-30(2-5-32)29-76-67(92)61-44-27-41(84)28-50(87)56(44)43-21-35(9-13-48(43)85)58-68(93)82-62(71(96)81-61)63(88)36-10-16-52(46(74)22-36)99-55-25-38-24-54(64(55)89)98-51-15-3-31(17-45(51)73)18-47-65(90)78-59(69(94)80-60(38)70(95)79-58)37-19-40(83)26-42(20-37)97-53-23-34(8-14-49(53)86)57(75)66(91)77-47/h1-17,19-28,47,57-63,83-89H,18,29,75H2,(H,76,92)(H,77,91)(H,78,90)(H,79,95)(H,80,94)(H,81,96)(H,82,93)/t47-,57-,58-,59+,60-,61+,62+,63-/m1/s1. The molecule has 9 aromatic rings. The number of phenolic OH excluding ortho intramolecular Hbond substituents is 6. The molecule has 0 radical (unpaired) electrons. The van der Waals surface area contributed by atoms with E-state index in [4.69, 9.17) is 54.7 Å². The number of aliphatic hydroxyl groups excluding tert-OH is 1. The van der Waals surface area contributed by atoms with E-state index >= 15 is 24.0 Å². The first-order valence-electron chi connectivity index (χ1n) is 30.3. The largest absolute Gasteiger partial charge is 0.508 e. The molecular weight excluding hydrogens is 1340 g/mol. The van der Waals surface area contributed by atoms with Gasteiger partial charge in [-0.25, -0.2) is 0 Å². The molecule has 0 aromatic heterocycles. The van der Waals surface area contributed by atoms with E-state index in [2.05, 4.69) is 37.2 Å². The summed E-state index contributed by atoms with van der Waals surface area (Å²) in [7, 11) is 0. The van der Waals surface area contributed by atoms with Gasteiger partial charge in [0, 0.05) is 41.2 Å². The van der Waals surface area contributed by atoms with Crippen molar-refractivity contribution in [3.05, 3.63) is 223 Å². The normalized spacial score (nSPS) is 20.5. The number of rotatable bonds is 4. The lowest BCUT2D eigenvalue weighted by Gasteiger charge is -2.31. The van der Waals surface area contributed by atoms with Crippen LogP contribution in [0.4, 0.5) is 0 Å². The van der Waals surface area contributed by atoms with Crippen molar-refractivity contribution in [1.82, 2.24) is 37.2 Å². The predicted octanol–water partition coefficient (Wildman–Crippen LogP) is 8.54. The van der Waals surface area contributed by atoms with Crippen molar-refractivity contribution in [3.8, 4) is 91.2 Å². The first-order valence-corrected chi connectivity index (χ1v) is 31.5. The van der Waals surface area contributed by atoms with Crippen LogP contribution in [0.3, 0.4) is 0 Å². The fourth-order valence-corrected chi connectivity index (χ4v) is 12.6. The van der Waals surface area contributed by atoms with Crippen LogP contribution in [0.1, 0.15) is 80.8 Å². The molecule has 0 fully saturated rings. The fourth-order valence-electron chi connectivity index (χ4n) is 12.0. The van der Waals surface area contributed by atoms with Gasteiger partial charge in [0.25, 0.3) is 0 Å². The van der Waals surface area contributed by atoms with Crippen molar-refractivity contribution in [2.45, 2.75) is 61.4 Å². The average Bonchev–Trinajstić information content (AvgIpc) is 0.769. The number of hydrogen-bond donors (Lipinski definition) is 15. The maximum absolute atomic E-state index is 16.0. The quantitative estimate of drug-likeness (QED) is 0.0784. The first-order chi connectivity index (χ1) is 47.4. The third kappa shape index (κ3) is 13.5. The Balaban J connectivity index is 0.967. The minimum atomic E-state index is -2.17. The van der Waals surface area contributed by atoms with Gasteiger partial charge in [-0.05, 0) is 147 Å². The second kappa shape index (κ2) is 26.7. The Hall–Kier alpha value is -11.7. The summed E-state index contributed by atoms with van der Waals surface area (Å²) in [5, 5.41) is 100. The van der Waals surface area contributed by atoms with Gasteiger partial charge in [-0.2, -0.15) is 0 Å². The van der Waals surface area contributed by atoms with Crippen LogP contribution in [-0.2, 0) is 46.5 Å². The van der Waals surface area contributed by atoms with Crippen molar-refractivity contribution < 1.29 is 83.5 Å². The Morgan fingerprint density at radius 2 is 1.06 bits per heavy atom. The number of carbonyl (C=O) groups excluding carboxylic acids is 7. The lowest BCUT2D eigenvalue weighted by atomic mass is 9.89. The lowest BCUT2D eigenvalue weighted by molar-refractivity contribution is -0.137. The number of amides is 7. The molecule has 17 bridgehead atoms. The summed E-state index contributed by atoms with van der Waals surface area (Å²) < 4.78 is 18.6. The zero-order valence-corrected chi connectivity index (χ0v) is 53.3. The zero-order valence-electron chi connectivity index (χ0n) is 51.0. The molecule has 0 aliphatic carbocycles. The molecule has 6 aliphatic rings. The van der Waals surface area contributed by atoms with Crippen molar-refractivity contribution in [2.24, 2.45) is 5.73 Å². The highest BCUT2D eigenvalue weighted by atomic mass is 35.5. The van der Waals surface area contributed by atoms with E-state index < -0.39 is 136 Å². The number of halogens is 3. The molecule has 99 heavy (non-hydrogen) atoms. The molecule has 0 unspecified atom stereocenters. The van der Waals surface area contributed by atoms with Crippen LogP contribution in [0.25, 0.3) is 22.3 Å². The van der Waals surface area contributed by atoms with Crippen LogP contribution in [0.2, 0.25) is 15.1 Å². The van der Waals surface area contributed by atoms with Gasteiger partial charge in [0.05, 0.1) is 10.0 Å². The predicted molar refractivity (Wildman–Crippen MR) is 356 cm³/mol. The van der Waals surface area contributed by atoms with E-state index in [9.17, 15) is 45.3 Å². The summed E-state index contributed by atoms with van der Waals surface area (Å²) >= 11 is 20.0. The van der Waals surface area contributed by atoms with E-state index in [0.717, 1.165) is 65.7 Å². The molecule has 6 aliphatic heterocycles. The summed E-state index contributed by atoms with van der Waals surface area (Å²) in [5.74, 6) is -13.7. The van der Waals surface area contributed by atoms with Gasteiger partial charge >= 0.3 is 0 Å². The van der Waals surface area contributed by atoms with Gasteiger partial charge in [-0.15, -0.1) is 0 Å². The average molecular weight is 1400 g/mol. The molecule has 15 rings (SSSR count). The Labute approximate surface area is 575 Å². The van der Waals surface area contributed by atoms with Gasteiger partial charge in [-0.1, -0.05) is 95.5 Å². The second-order valence-corrected chi connectivity index (χ2v) is 24.9. The van der Waals surface area contributed by atoms with Crippen molar-refractivity contribution >= 4 is 76.2 Å². The van der Waals surface area contributed by atoms with Gasteiger partial charge in [0.1, 0.15) is 88.6 Å². The number of phenols is 6. The number of ether oxygens (including phenoxy) is 3. The smallest absolute Gasteiger partial charge is 0.248 e. The van der Waals surface area contributed by atoms with Crippen molar-refractivity contribution in [3.63, 3.8) is 0 Å². The maximum Gasteiger partial charge on any atom is 0.248 e. The molecule has 7 amide bonds. The minimum Gasteiger partial charge on any atom is -0.508 e. The Morgan fingerprint density at radius 1 is 0.485 bits per heavy atom. The summed E-state index contributed by atoms with van der Waals surface area (Å²) in [6, 6.07) is 23.3. The van der Waals surface area contributed by atoms with Crippen LogP contribution in [0.5, 0.6) is 69.0 Å². The van der Waals surface area contributed by atoms with E-state index in [1.54, 1.807) is 36.4 Å². The number of nitrogens with one attached hydrogen (secondary N) is 7. The number of hydrogen-bond acceptors (Lipinski definition) is 18. The van der Waals surface area contributed by atoms with Crippen LogP contribution in [0.15, 0.2) is 164 Å². The number of aromatic hydroxyl groups is 6. The van der Waals surface area contributed by atoms with Crippen LogP contribution >= 0.6 is 34.8 Å². The maximum atomic E-state index is 16.0. The molecule has 502 valence electrons. The van der Waals surface area contributed by atoms with Gasteiger partial charge in [0.2, 0.25) is 47.1 Å². The van der Waals surface area contributed by atoms with E-state index in [1.165, 1.54) is 60.7 Å². The second-order valence-electron chi connectivity index (χ2n) is 23.7. The van der Waals surface area contributed by atoms with Gasteiger partial charge in [0.15, 0.2) is 23.0 Å². The third-order valence-electron chi connectivity index (χ3n) is 17.1. The number of carbonyl (C=O) groups is 7. The molecule has 0 saturated carbocycles. The first kappa shape index (κ1) is 65.9. The Kier molecular flexibility index (Phi) is 17.8. The number of nitrogens with two attached hydrogens (primary N) is 1. The molecule has 0 spiro atoms. The fraction of sp³-hybridized carbons (Fsp3) is 0.141. The van der Waals surface area contributed by atoms with Crippen molar-refractivity contribution in [1.29, 1.82) is 0 Å². The zero-order chi connectivity index (χ0) is 69.8. The molecular formula is C71H55Cl3N8O17. The molecule has 9 aromatic carbocycles. The van der Waals surface area contributed by atoms with Crippen LogP contribution < -0.4 is 57.2 Å². The number of benzene rings is 9. The molecule has 28 heteroatoms. The minimum absolute atomic E-state index is 0.121. The molecule has 25 nitrogen and oxygen atoms in total. The highest BCUT2D eigenvalue weighted by Crippen LogP contribution is 2.48. The molecule has 16 N–H and O–H groups in total. The topological polar surface area (TPSA) is 399 Å². The summed E-state index contributed by atoms with van der Waals surface area (Å²) in [6.07, 6.45) is -2.46. The Morgan fingerprint density at radius 3 is 1.74 bits per heavy atom. The number of aliphatic hydroxyl groups is 1. The van der Waals surface area contributed by atoms with E-state index in [1.807, 2.05) is 12.1 Å². The van der Waals surface area contributed by atoms with Crippen molar-refractivity contribution in [2.75, 3.05) is 0 Å². The highest BCUT2D eigenvalue weighted by molar-refractivity contribution is 6.32. The number of fused-ring (bicyclic) bond motifs is 14. The summed E-state index contributed by atoms with van der Waals surface area (Å²) in [4.78, 5) is 107. The molecule has 6 heterocycles. The Bertz CT molecular complexity index is 4850. The summed E-state index contributed by atoms with van der Waals surface area (Å²) in [6.45, 7) is -0.165. The van der Waals surface area contributed by atoms with Crippen LogP contribution in [-0.4, -0.2) is 89.2 Å². The van der Waals surface area contributed by atoms with Crippen LogP contribution in [0, 0.1) is 0 Å². The molecule has 0 saturated heterocycles. The third-order valence-corrected chi connectivity index (χ3v) is 17.9. The SMILES string of the molecule is N[C@H]1C(=O)N[C@@H]2Cc3ccc(c(Cl)c3)Oc3cc4cc(c3O)Oc3ccc(cc3Cl)[C@@H](O)[C@@H]3NC(=O)[C@H](NC(=O)[C@@H]4NC(=O)[C@@H](NC2=O)c2cc(O)cc(c2)Oc2cc1ccc2O)c1ccc(O)c(c1)-c1c(O)cc(O)cc1[C@@H](C(=O)NCc1ccc(-c2ccc(Cl)cc2)cc1)NC3=O. The van der Waals surface area contributed by atoms with E-state index in [-0.39, 0.29) is 90.5 Å².